The zero-order chi connectivity index (χ0) is 20.8. The first-order valence-electron chi connectivity index (χ1n) is 9.94. The monoisotopic (exact) mass is 398 g/mol. The van der Waals surface area contributed by atoms with E-state index in [-0.39, 0.29) is 11.9 Å². The van der Waals surface area contributed by atoms with E-state index < -0.39 is 0 Å². The molecule has 0 aliphatic carbocycles. The quantitative estimate of drug-likeness (QED) is 0.606. The second-order valence-corrected chi connectivity index (χ2v) is 7.58. The molecule has 0 fully saturated rings. The fraction of sp³-hybridized carbons (Fsp3) is 0.200. The number of fused-ring (bicyclic) bond motifs is 5. The highest BCUT2D eigenvalue weighted by Gasteiger charge is 2.43. The average Bonchev–Trinajstić information content (AvgIpc) is 2.94. The van der Waals surface area contributed by atoms with Crippen molar-refractivity contribution in [1.82, 2.24) is 0 Å². The van der Waals surface area contributed by atoms with Crippen molar-refractivity contribution in [3.8, 4) is 11.5 Å². The molecule has 2 aliphatic heterocycles. The summed E-state index contributed by atoms with van der Waals surface area (Å²) in [6, 6.07) is 19.9. The number of rotatable bonds is 3. The number of hydrogen-bond donors (Lipinski definition) is 0. The largest absolute Gasteiger partial charge is 0.493 e. The molecule has 3 aromatic rings. The summed E-state index contributed by atoms with van der Waals surface area (Å²) in [6.07, 6.45) is 0.617. The molecule has 0 aromatic heterocycles. The Labute approximate surface area is 175 Å². The van der Waals surface area contributed by atoms with Crippen LogP contribution in [-0.2, 0) is 0 Å². The fourth-order valence-electron chi connectivity index (χ4n) is 4.43. The summed E-state index contributed by atoms with van der Waals surface area (Å²) >= 11 is 0. The van der Waals surface area contributed by atoms with Crippen molar-refractivity contribution in [2.75, 3.05) is 19.1 Å². The van der Waals surface area contributed by atoms with Crippen LogP contribution in [0.25, 0.3) is 0 Å². The molecular weight excluding hydrogens is 376 g/mol. The molecule has 0 bridgehead atoms. The maximum atomic E-state index is 13.7. The van der Waals surface area contributed by atoms with Gasteiger partial charge < -0.3 is 9.47 Å². The zero-order valence-electron chi connectivity index (χ0n) is 17.2. The summed E-state index contributed by atoms with van der Waals surface area (Å²) < 4.78 is 11.0. The van der Waals surface area contributed by atoms with Crippen LogP contribution < -0.4 is 14.4 Å². The smallest absolute Gasteiger partial charge is 0.263 e. The van der Waals surface area contributed by atoms with E-state index in [1.807, 2.05) is 60.4 Å². The molecule has 0 saturated heterocycles. The summed E-state index contributed by atoms with van der Waals surface area (Å²) in [5.74, 6) is 0.962. The molecule has 0 N–H and O–H groups in total. The van der Waals surface area contributed by atoms with Gasteiger partial charge in [0.15, 0.2) is 11.5 Å². The predicted octanol–water partition coefficient (Wildman–Crippen LogP) is 5.24. The lowest BCUT2D eigenvalue weighted by Crippen LogP contribution is -2.28. The van der Waals surface area contributed by atoms with Crippen molar-refractivity contribution >= 4 is 23.0 Å². The topological polar surface area (TPSA) is 51.1 Å². The van der Waals surface area contributed by atoms with Gasteiger partial charge in [-0.1, -0.05) is 42.5 Å². The Morgan fingerprint density at radius 3 is 2.53 bits per heavy atom. The Morgan fingerprint density at radius 2 is 1.80 bits per heavy atom. The number of methoxy groups -OCH3 is 2. The first-order chi connectivity index (χ1) is 14.6. The summed E-state index contributed by atoms with van der Waals surface area (Å²) in [5.41, 5.74) is 6.27. The van der Waals surface area contributed by atoms with E-state index in [0.29, 0.717) is 23.5 Å². The molecule has 0 spiro atoms. The Morgan fingerprint density at radius 1 is 1.00 bits per heavy atom. The fourth-order valence-corrected chi connectivity index (χ4v) is 4.43. The lowest BCUT2D eigenvalue weighted by atomic mass is 9.96. The molecule has 1 amide bonds. The lowest BCUT2D eigenvalue weighted by Gasteiger charge is -2.24. The third-order valence-electron chi connectivity index (χ3n) is 5.82. The number of amides is 1. The van der Waals surface area contributed by atoms with Crippen LogP contribution in [0.5, 0.6) is 11.5 Å². The number of carbonyl (C=O) groups is 1. The van der Waals surface area contributed by atoms with E-state index in [1.165, 1.54) is 0 Å². The highest BCUT2D eigenvalue weighted by atomic mass is 16.5. The third-order valence-corrected chi connectivity index (χ3v) is 5.82. The number of nitrogens with zero attached hydrogens (tertiary/aromatic N) is 2. The molecule has 1 atom stereocenters. The Balaban J connectivity index is 1.75. The highest BCUT2D eigenvalue weighted by Crippen LogP contribution is 2.50. The van der Waals surface area contributed by atoms with Gasteiger partial charge in [-0.2, -0.15) is 0 Å². The van der Waals surface area contributed by atoms with E-state index in [2.05, 4.69) is 12.1 Å². The number of benzene rings is 3. The van der Waals surface area contributed by atoms with Gasteiger partial charge >= 0.3 is 0 Å². The molecule has 2 heterocycles. The van der Waals surface area contributed by atoms with Crippen LogP contribution in [0.4, 0.5) is 11.4 Å². The van der Waals surface area contributed by atoms with Crippen molar-refractivity contribution in [2.45, 2.75) is 19.4 Å². The molecule has 0 radical (unpaired) electrons. The van der Waals surface area contributed by atoms with E-state index in [4.69, 9.17) is 14.5 Å². The SMILES string of the molecule is COc1ccc2c(c1OC)C(=O)N1c3ccc(C)cc3N=C(c3ccccc3)C[C@@H]21. The molecule has 0 saturated carbocycles. The van der Waals surface area contributed by atoms with E-state index in [9.17, 15) is 4.79 Å². The van der Waals surface area contributed by atoms with E-state index in [1.54, 1.807) is 14.2 Å². The minimum absolute atomic E-state index is 0.0830. The van der Waals surface area contributed by atoms with Gasteiger partial charge in [-0.25, -0.2) is 0 Å². The summed E-state index contributed by atoms with van der Waals surface area (Å²) in [5, 5.41) is 0. The number of aliphatic imine (C=N–C) groups is 1. The van der Waals surface area contributed by atoms with Gasteiger partial charge in [0.25, 0.3) is 5.91 Å². The zero-order valence-corrected chi connectivity index (χ0v) is 17.2. The maximum absolute atomic E-state index is 13.7. The van der Waals surface area contributed by atoms with Gasteiger partial charge in [-0.05, 0) is 41.8 Å². The lowest BCUT2D eigenvalue weighted by molar-refractivity contribution is 0.0989. The molecule has 5 nitrogen and oxygen atoms in total. The van der Waals surface area contributed by atoms with Gasteiger partial charge in [0.05, 0.1) is 42.9 Å². The van der Waals surface area contributed by atoms with Crippen molar-refractivity contribution in [3.05, 3.63) is 82.9 Å². The second kappa shape index (κ2) is 7.02. The van der Waals surface area contributed by atoms with Crippen LogP contribution in [0.3, 0.4) is 0 Å². The van der Waals surface area contributed by atoms with Crippen LogP contribution >= 0.6 is 0 Å². The molecule has 150 valence electrons. The molecule has 2 aliphatic rings. The third kappa shape index (κ3) is 2.70. The average molecular weight is 398 g/mol. The normalized spacial score (nSPS) is 16.9. The minimum atomic E-state index is -0.157. The van der Waals surface area contributed by atoms with Crippen LogP contribution in [0.1, 0.15) is 39.5 Å². The number of ether oxygens (including phenoxy) is 2. The van der Waals surface area contributed by atoms with Crippen LogP contribution in [0.2, 0.25) is 0 Å². The molecule has 5 rings (SSSR count). The Bertz CT molecular complexity index is 1180. The summed E-state index contributed by atoms with van der Waals surface area (Å²) in [6.45, 7) is 2.04. The highest BCUT2D eigenvalue weighted by molar-refractivity contribution is 6.17. The summed E-state index contributed by atoms with van der Waals surface area (Å²) in [4.78, 5) is 20.5. The molecular formula is C25H22N2O3. The number of anilines is 1. The first-order valence-corrected chi connectivity index (χ1v) is 9.94. The van der Waals surface area contributed by atoms with Crippen LogP contribution in [0, 0.1) is 6.92 Å². The van der Waals surface area contributed by atoms with Crippen LogP contribution in [-0.4, -0.2) is 25.8 Å². The first kappa shape index (κ1) is 18.4. The molecule has 5 heteroatoms. The number of hydrogen-bond acceptors (Lipinski definition) is 4. The van der Waals surface area contributed by atoms with Gasteiger partial charge in [-0.15, -0.1) is 0 Å². The van der Waals surface area contributed by atoms with Crippen molar-refractivity contribution in [3.63, 3.8) is 0 Å². The molecule has 30 heavy (non-hydrogen) atoms. The second-order valence-electron chi connectivity index (χ2n) is 7.58. The van der Waals surface area contributed by atoms with Crippen molar-refractivity contribution in [2.24, 2.45) is 4.99 Å². The molecule has 0 unspecified atom stereocenters. The van der Waals surface area contributed by atoms with Gasteiger partial charge in [0, 0.05) is 6.42 Å². The Hall–Kier alpha value is -3.60. The van der Waals surface area contributed by atoms with Gasteiger partial charge in [-0.3, -0.25) is 14.7 Å². The van der Waals surface area contributed by atoms with Gasteiger partial charge in [0.2, 0.25) is 0 Å². The Kier molecular flexibility index (Phi) is 4.31. The summed E-state index contributed by atoms with van der Waals surface area (Å²) in [7, 11) is 3.16. The number of carbonyl (C=O) groups excluding carboxylic acids is 1. The number of aryl methyl sites for hydroxylation is 1. The molecule has 3 aromatic carbocycles. The van der Waals surface area contributed by atoms with E-state index in [0.717, 1.165) is 33.8 Å². The van der Waals surface area contributed by atoms with Crippen LogP contribution in [0.15, 0.2) is 65.7 Å². The minimum Gasteiger partial charge on any atom is -0.493 e. The maximum Gasteiger partial charge on any atom is 0.263 e. The van der Waals surface area contributed by atoms with Crippen molar-refractivity contribution < 1.29 is 14.3 Å². The van der Waals surface area contributed by atoms with E-state index >= 15 is 0 Å². The van der Waals surface area contributed by atoms with Crippen molar-refractivity contribution in [1.29, 1.82) is 0 Å². The predicted molar refractivity (Wildman–Crippen MR) is 118 cm³/mol. The standard InChI is InChI=1S/C25H22N2O3/c1-15-9-11-20-19(13-15)26-18(16-7-5-4-6-8-16)14-21-17-10-12-22(29-2)24(30-3)23(17)25(28)27(20)21/h4-13,21H,14H2,1-3H3/t21-/m0/s1. The van der Waals surface area contributed by atoms with Gasteiger partial charge in [0.1, 0.15) is 0 Å².